The van der Waals surface area contributed by atoms with Crippen LogP contribution < -0.4 is 5.73 Å². The van der Waals surface area contributed by atoms with Crippen LogP contribution in [0.3, 0.4) is 0 Å². The molecule has 0 bridgehead atoms. The van der Waals surface area contributed by atoms with Crippen LogP contribution in [0, 0.1) is 0 Å². The third-order valence-electron chi connectivity index (χ3n) is 1.74. The Morgan fingerprint density at radius 2 is 2.08 bits per heavy atom. The maximum Gasteiger partial charge on any atom is 0.230 e. The van der Waals surface area contributed by atoms with E-state index in [-0.39, 0.29) is 11.2 Å². The predicted molar refractivity (Wildman–Crippen MR) is 56.4 cm³/mol. The Kier molecular flexibility index (Phi) is 3.83. The molecule has 1 aromatic rings. The number of amides is 1. The summed E-state index contributed by atoms with van der Waals surface area (Å²) >= 11 is 1.56. The van der Waals surface area contributed by atoms with Gasteiger partial charge in [0, 0.05) is 5.75 Å². The Hall–Kier alpha value is -0.960. The van der Waals surface area contributed by atoms with E-state index in [2.05, 4.69) is 0 Å². The van der Waals surface area contributed by atoms with Crippen molar-refractivity contribution in [1.29, 1.82) is 0 Å². The molecule has 1 amide bonds. The minimum absolute atomic E-state index is 0.111. The summed E-state index contributed by atoms with van der Waals surface area (Å²) in [5.41, 5.74) is 6.36. The van der Waals surface area contributed by atoms with E-state index in [1.807, 2.05) is 37.3 Å². The second kappa shape index (κ2) is 4.92. The van der Waals surface area contributed by atoms with E-state index in [0.29, 0.717) is 0 Å². The first-order chi connectivity index (χ1) is 6.20. The molecule has 0 spiro atoms. The summed E-state index contributed by atoms with van der Waals surface area (Å²) < 4.78 is 0. The molecule has 0 aliphatic carbocycles. The van der Waals surface area contributed by atoms with Crippen LogP contribution in [0.15, 0.2) is 30.3 Å². The van der Waals surface area contributed by atoms with Gasteiger partial charge in [-0.15, -0.1) is 11.8 Å². The lowest BCUT2D eigenvalue weighted by atomic mass is 10.2. The van der Waals surface area contributed by atoms with Gasteiger partial charge in [0.15, 0.2) is 0 Å². The molecule has 0 unspecified atom stereocenters. The van der Waals surface area contributed by atoms with E-state index in [4.69, 9.17) is 5.73 Å². The average Bonchev–Trinajstić information content (AvgIpc) is 2.15. The van der Waals surface area contributed by atoms with Crippen LogP contribution in [0.1, 0.15) is 12.5 Å². The van der Waals surface area contributed by atoms with Crippen molar-refractivity contribution < 1.29 is 4.79 Å². The summed E-state index contributed by atoms with van der Waals surface area (Å²) in [6, 6.07) is 10.0. The van der Waals surface area contributed by atoms with Gasteiger partial charge in [-0.2, -0.15) is 0 Å². The van der Waals surface area contributed by atoms with Gasteiger partial charge in [-0.05, 0) is 12.5 Å². The molecule has 70 valence electrons. The Balaban J connectivity index is 2.39. The highest BCUT2D eigenvalue weighted by molar-refractivity contribution is 7.99. The Morgan fingerprint density at radius 1 is 1.46 bits per heavy atom. The minimum atomic E-state index is -0.249. The topological polar surface area (TPSA) is 43.1 Å². The standard InChI is InChI=1S/C10H13NOS/c1-8(10(11)12)13-7-9-5-3-2-4-6-9/h2-6,8H,7H2,1H3,(H2,11,12)/t8-/m0/s1. The molecule has 1 aromatic carbocycles. The number of carbonyl (C=O) groups is 1. The first kappa shape index (κ1) is 10.1. The summed E-state index contributed by atoms with van der Waals surface area (Å²) in [5, 5.41) is -0.111. The van der Waals surface area contributed by atoms with Crippen LogP contribution in [-0.4, -0.2) is 11.2 Å². The number of hydrogen-bond donors (Lipinski definition) is 1. The summed E-state index contributed by atoms with van der Waals surface area (Å²) in [4.78, 5) is 10.7. The van der Waals surface area contributed by atoms with Crippen LogP contribution in [0.25, 0.3) is 0 Å². The molecule has 2 nitrogen and oxygen atoms in total. The van der Waals surface area contributed by atoms with Crippen LogP contribution in [0.2, 0.25) is 0 Å². The summed E-state index contributed by atoms with van der Waals surface area (Å²) in [7, 11) is 0. The van der Waals surface area contributed by atoms with Crippen LogP contribution >= 0.6 is 11.8 Å². The maximum atomic E-state index is 10.7. The molecule has 0 aromatic heterocycles. The predicted octanol–water partition coefficient (Wildman–Crippen LogP) is 1.79. The number of rotatable bonds is 4. The molecule has 0 radical (unpaired) electrons. The zero-order valence-corrected chi connectivity index (χ0v) is 8.38. The second-order valence-corrected chi connectivity index (χ2v) is 4.17. The molecular weight excluding hydrogens is 182 g/mol. The number of nitrogens with two attached hydrogens (primary N) is 1. The fourth-order valence-corrected chi connectivity index (χ4v) is 1.68. The molecule has 0 heterocycles. The molecule has 1 rings (SSSR count). The fraction of sp³-hybridized carbons (Fsp3) is 0.300. The molecule has 0 aliphatic heterocycles. The third kappa shape index (κ3) is 3.51. The van der Waals surface area contributed by atoms with E-state index in [1.54, 1.807) is 11.8 Å². The van der Waals surface area contributed by atoms with Crippen molar-refractivity contribution in [1.82, 2.24) is 0 Å². The highest BCUT2D eigenvalue weighted by atomic mass is 32.2. The monoisotopic (exact) mass is 195 g/mol. The largest absolute Gasteiger partial charge is 0.369 e. The summed E-state index contributed by atoms with van der Waals surface area (Å²) in [5.74, 6) is 0.589. The molecule has 3 heteroatoms. The molecule has 0 fully saturated rings. The van der Waals surface area contributed by atoms with Gasteiger partial charge >= 0.3 is 0 Å². The first-order valence-electron chi connectivity index (χ1n) is 4.15. The Labute approximate surface area is 82.5 Å². The molecule has 2 N–H and O–H groups in total. The molecular formula is C10H13NOS. The normalized spacial score (nSPS) is 12.4. The van der Waals surface area contributed by atoms with Gasteiger partial charge in [0.2, 0.25) is 5.91 Å². The quantitative estimate of drug-likeness (QED) is 0.796. The highest BCUT2D eigenvalue weighted by Gasteiger charge is 2.08. The lowest BCUT2D eigenvalue weighted by Gasteiger charge is -2.06. The molecule has 0 aliphatic rings. The van der Waals surface area contributed by atoms with Crippen LogP contribution in [-0.2, 0) is 10.5 Å². The number of carbonyl (C=O) groups excluding carboxylic acids is 1. The van der Waals surface area contributed by atoms with E-state index < -0.39 is 0 Å². The smallest absolute Gasteiger partial charge is 0.230 e. The van der Waals surface area contributed by atoms with Crippen molar-refractivity contribution in [2.75, 3.05) is 0 Å². The van der Waals surface area contributed by atoms with Crippen molar-refractivity contribution in [3.63, 3.8) is 0 Å². The van der Waals surface area contributed by atoms with Crippen LogP contribution in [0.4, 0.5) is 0 Å². The van der Waals surface area contributed by atoms with E-state index in [1.165, 1.54) is 5.56 Å². The van der Waals surface area contributed by atoms with E-state index in [9.17, 15) is 4.79 Å². The van der Waals surface area contributed by atoms with Crippen LogP contribution in [0.5, 0.6) is 0 Å². The van der Waals surface area contributed by atoms with Gasteiger partial charge in [0.05, 0.1) is 5.25 Å². The van der Waals surface area contributed by atoms with Gasteiger partial charge in [-0.3, -0.25) is 4.79 Å². The highest BCUT2D eigenvalue weighted by Crippen LogP contribution is 2.16. The number of primary amides is 1. The first-order valence-corrected chi connectivity index (χ1v) is 5.20. The summed E-state index contributed by atoms with van der Waals surface area (Å²) in [6.07, 6.45) is 0. The third-order valence-corrected chi connectivity index (χ3v) is 2.98. The molecule has 0 saturated heterocycles. The van der Waals surface area contributed by atoms with Crippen molar-refractivity contribution in [2.24, 2.45) is 5.73 Å². The van der Waals surface area contributed by atoms with Crippen molar-refractivity contribution in [3.05, 3.63) is 35.9 Å². The van der Waals surface area contributed by atoms with Crippen molar-refractivity contribution in [2.45, 2.75) is 17.9 Å². The zero-order valence-electron chi connectivity index (χ0n) is 7.57. The number of hydrogen-bond acceptors (Lipinski definition) is 2. The van der Waals surface area contributed by atoms with Gasteiger partial charge in [0.1, 0.15) is 0 Å². The minimum Gasteiger partial charge on any atom is -0.369 e. The number of benzene rings is 1. The van der Waals surface area contributed by atoms with E-state index in [0.717, 1.165) is 5.75 Å². The van der Waals surface area contributed by atoms with Gasteiger partial charge in [-0.25, -0.2) is 0 Å². The van der Waals surface area contributed by atoms with E-state index >= 15 is 0 Å². The maximum absolute atomic E-state index is 10.7. The zero-order chi connectivity index (χ0) is 9.68. The van der Waals surface area contributed by atoms with Gasteiger partial charge in [-0.1, -0.05) is 30.3 Å². The lowest BCUT2D eigenvalue weighted by molar-refractivity contribution is -0.117. The Bertz CT molecular complexity index is 274. The second-order valence-electron chi connectivity index (χ2n) is 2.84. The van der Waals surface area contributed by atoms with Crippen molar-refractivity contribution >= 4 is 17.7 Å². The lowest BCUT2D eigenvalue weighted by Crippen LogP contribution is -2.22. The van der Waals surface area contributed by atoms with Gasteiger partial charge in [0.25, 0.3) is 0 Å². The molecule has 13 heavy (non-hydrogen) atoms. The SMILES string of the molecule is C[C@H](SCc1ccccc1)C(N)=O. The average molecular weight is 195 g/mol. The summed E-state index contributed by atoms with van der Waals surface area (Å²) in [6.45, 7) is 1.83. The fourth-order valence-electron chi connectivity index (χ4n) is 0.878. The van der Waals surface area contributed by atoms with Crippen molar-refractivity contribution in [3.8, 4) is 0 Å². The Morgan fingerprint density at radius 3 is 2.62 bits per heavy atom. The molecule has 1 atom stereocenters. The number of thioether (sulfide) groups is 1. The molecule has 0 saturated carbocycles. The van der Waals surface area contributed by atoms with Gasteiger partial charge < -0.3 is 5.73 Å².